The topological polar surface area (TPSA) is 0 Å². The fraction of sp³-hybridized carbons (Fsp3) is 1.00. The van der Waals surface area contributed by atoms with Crippen molar-refractivity contribution >= 4 is 0 Å². The quantitative estimate of drug-likeness (QED) is 0.151. The third-order valence-corrected chi connectivity index (χ3v) is 6.89. The van der Waals surface area contributed by atoms with Gasteiger partial charge >= 0.3 is 0 Å². The van der Waals surface area contributed by atoms with E-state index < -0.39 is 0 Å². The molecule has 0 fully saturated rings. The Bertz CT molecular complexity index is 269. The van der Waals surface area contributed by atoms with Crippen molar-refractivity contribution in [2.45, 2.75) is 169 Å². The highest BCUT2D eigenvalue weighted by Gasteiger charge is 2.04. The Morgan fingerprint density at radius 3 is 1.07 bits per heavy atom. The summed E-state index contributed by atoms with van der Waals surface area (Å²) in [7, 11) is 0. The predicted molar refractivity (Wildman–Crippen MR) is 131 cm³/mol. The zero-order valence-electron chi connectivity index (χ0n) is 20.7. The van der Waals surface area contributed by atoms with Crippen LogP contribution in [0, 0.1) is 11.8 Å². The molecule has 0 rings (SSSR count). The Kier molecular flexibility index (Phi) is 23.3. The van der Waals surface area contributed by atoms with Crippen molar-refractivity contribution in [3.05, 3.63) is 0 Å². The number of hydrogen-bond acceptors (Lipinski definition) is 0. The lowest BCUT2D eigenvalue weighted by Crippen LogP contribution is -1.98. The molecular weight excluding hydrogens is 336 g/mol. The first-order chi connectivity index (χ1) is 13.7. The molecule has 28 heavy (non-hydrogen) atoms. The van der Waals surface area contributed by atoms with Gasteiger partial charge in [-0.1, -0.05) is 169 Å². The van der Waals surface area contributed by atoms with Crippen molar-refractivity contribution in [2.24, 2.45) is 11.8 Å². The van der Waals surface area contributed by atoms with Gasteiger partial charge in [-0.15, -0.1) is 0 Å². The summed E-state index contributed by atoms with van der Waals surface area (Å²) in [5.41, 5.74) is 0. The summed E-state index contributed by atoms with van der Waals surface area (Å²) in [5.74, 6) is 1.90. The van der Waals surface area contributed by atoms with Crippen molar-refractivity contribution in [1.82, 2.24) is 0 Å². The molecule has 0 aromatic rings. The van der Waals surface area contributed by atoms with Gasteiger partial charge in [-0.2, -0.15) is 0 Å². The van der Waals surface area contributed by atoms with Crippen LogP contribution in [0.2, 0.25) is 0 Å². The Morgan fingerprint density at radius 1 is 0.357 bits per heavy atom. The van der Waals surface area contributed by atoms with Gasteiger partial charge in [0.2, 0.25) is 0 Å². The lowest BCUT2D eigenvalue weighted by molar-refractivity contribution is 0.405. The summed E-state index contributed by atoms with van der Waals surface area (Å²) in [6.07, 6.45) is 32.3. The minimum absolute atomic E-state index is 0.938. The molecule has 170 valence electrons. The molecule has 0 nitrogen and oxygen atoms in total. The third-order valence-electron chi connectivity index (χ3n) is 6.89. The first-order valence-corrected chi connectivity index (χ1v) is 13.7. The van der Waals surface area contributed by atoms with Gasteiger partial charge in [0, 0.05) is 0 Å². The van der Waals surface area contributed by atoms with Crippen LogP contribution in [0.1, 0.15) is 169 Å². The van der Waals surface area contributed by atoms with E-state index in [1.165, 1.54) is 141 Å². The standard InChI is InChI=1S/C28H58/c1-5-7-8-9-10-11-12-13-14-15-16-17-18-19-20-21-22-24-28(4)26-23-25-27(3)6-2/h27-28H,5-26H2,1-4H3. The number of unbranched alkanes of at least 4 members (excludes halogenated alkanes) is 16. The van der Waals surface area contributed by atoms with E-state index in [2.05, 4.69) is 27.7 Å². The molecule has 0 saturated carbocycles. The molecule has 0 amide bonds. The molecule has 0 heteroatoms. The lowest BCUT2D eigenvalue weighted by atomic mass is 9.93. The van der Waals surface area contributed by atoms with Crippen LogP contribution in [0.3, 0.4) is 0 Å². The second-order valence-electron chi connectivity index (χ2n) is 10.00. The molecule has 0 N–H and O–H groups in total. The van der Waals surface area contributed by atoms with Gasteiger partial charge in [0.05, 0.1) is 0 Å². The molecule has 0 aliphatic rings. The molecule has 0 aromatic carbocycles. The molecule has 0 radical (unpaired) electrons. The smallest absolute Gasteiger partial charge is 0.0443 e. The van der Waals surface area contributed by atoms with Crippen molar-refractivity contribution in [3.63, 3.8) is 0 Å². The highest BCUT2D eigenvalue weighted by molar-refractivity contribution is 4.58. The minimum atomic E-state index is 0.938. The summed E-state index contributed by atoms with van der Waals surface area (Å²) in [6, 6.07) is 0. The van der Waals surface area contributed by atoms with Crippen LogP contribution in [-0.2, 0) is 0 Å². The van der Waals surface area contributed by atoms with E-state index in [1.807, 2.05) is 0 Å². The third kappa shape index (κ3) is 22.3. The van der Waals surface area contributed by atoms with Gasteiger partial charge in [-0.25, -0.2) is 0 Å². The van der Waals surface area contributed by atoms with Crippen molar-refractivity contribution in [2.75, 3.05) is 0 Å². The fourth-order valence-electron chi connectivity index (χ4n) is 4.38. The van der Waals surface area contributed by atoms with E-state index in [4.69, 9.17) is 0 Å². The largest absolute Gasteiger partial charge is 0.0654 e. The highest BCUT2D eigenvalue weighted by Crippen LogP contribution is 2.20. The van der Waals surface area contributed by atoms with Crippen molar-refractivity contribution in [3.8, 4) is 0 Å². The van der Waals surface area contributed by atoms with E-state index in [0.29, 0.717) is 0 Å². The highest BCUT2D eigenvalue weighted by atomic mass is 14.1. The van der Waals surface area contributed by atoms with Gasteiger partial charge < -0.3 is 0 Å². The molecule has 0 heterocycles. The summed E-state index contributed by atoms with van der Waals surface area (Å²) >= 11 is 0. The average Bonchev–Trinajstić information content (AvgIpc) is 2.70. The zero-order chi connectivity index (χ0) is 20.7. The second-order valence-corrected chi connectivity index (χ2v) is 10.00. The second kappa shape index (κ2) is 23.3. The Balaban J connectivity index is 3.11. The molecule has 2 atom stereocenters. The van der Waals surface area contributed by atoms with E-state index in [0.717, 1.165) is 11.8 Å². The van der Waals surface area contributed by atoms with E-state index in [9.17, 15) is 0 Å². The summed E-state index contributed by atoms with van der Waals surface area (Å²) in [4.78, 5) is 0. The van der Waals surface area contributed by atoms with E-state index in [1.54, 1.807) is 0 Å². The Labute approximate surface area is 181 Å². The Morgan fingerprint density at radius 2 is 0.679 bits per heavy atom. The van der Waals surface area contributed by atoms with E-state index >= 15 is 0 Å². The van der Waals surface area contributed by atoms with Gasteiger partial charge in [0.15, 0.2) is 0 Å². The molecule has 0 aliphatic heterocycles. The van der Waals surface area contributed by atoms with Gasteiger partial charge in [-0.05, 0) is 11.8 Å². The SMILES string of the molecule is CCCCCCCCCCCCCCCCCCCC(C)CCCC(C)CC. The van der Waals surface area contributed by atoms with Crippen LogP contribution in [0.4, 0.5) is 0 Å². The minimum Gasteiger partial charge on any atom is -0.0654 e. The Hall–Kier alpha value is 0. The van der Waals surface area contributed by atoms with Crippen LogP contribution in [0.5, 0.6) is 0 Å². The van der Waals surface area contributed by atoms with Crippen molar-refractivity contribution in [1.29, 1.82) is 0 Å². The van der Waals surface area contributed by atoms with Crippen LogP contribution in [0.15, 0.2) is 0 Å². The van der Waals surface area contributed by atoms with Crippen LogP contribution in [0.25, 0.3) is 0 Å². The van der Waals surface area contributed by atoms with Crippen LogP contribution < -0.4 is 0 Å². The summed E-state index contributed by atoms with van der Waals surface area (Å²) in [6.45, 7) is 9.51. The fourth-order valence-corrected chi connectivity index (χ4v) is 4.38. The van der Waals surface area contributed by atoms with Crippen molar-refractivity contribution < 1.29 is 0 Å². The van der Waals surface area contributed by atoms with Crippen LogP contribution >= 0.6 is 0 Å². The first-order valence-electron chi connectivity index (χ1n) is 13.7. The average molecular weight is 395 g/mol. The van der Waals surface area contributed by atoms with Gasteiger partial charge in [0.1, 0.15) is 0 Å². The normalized spacial score (nSPS) is 13.7. The molecule has 0 aromatic heterocycles. The maximum Gasteiger partial charge on any atom is -0.0443 e. The predicted octanol–water partition coefficient (Wildman–Crippen LogP) is 10.9. The number of hydrogen-bond donors (Lipinski definition) is 0. The monoisotopic (exact) mass is 394 g/mol. The summed E-state index contributed by atoms with van der Waals surface area (Å²) < 4.78 is 0. The van der Waals surface area contributed by atoms with Gasteiger partial charge in [-0.3, -0.25) is 0 Å². The zero-order valence-corrected chi connectivity index (χ0v) is 20.7. The molecule has 0 bridgehead atoms. The molecule has 0 aliphatic carbocycles. The molecule has 0 spiro atoms. The summed E-state index contributed by atoms with van der Waals surface area (Å²) in [5, 5.41) is 0. The lowest BCUT2D eigenvalue weighted by Gasteiger charge is -2.13. The number of rotatable bonds is 23. The molecular formula is C28H58. The maximum absolute atomic E-state index is 2.48. The van der Waals surface area contributed by atoms with E-state index in [-0.39, 0.29) is 0 Å². The van der Waals surface area contributed by atoms with Gasteiger partial charge in [0.25, 0.3) is 0 Å². The molecule has 0 saturated heterocycles. The maximum atomic E-state index is 2.48. The molecule has 2 unspecified atom stereocenters. The first kappa shape index (κ1) is 28.0. The van der Waals surface area contributed by atoms with Crippen LogP contribution in [-0.4, -0.2) is 0 Å².